The van der Waals surface area contributed by atoms with E-state index in [1.165, 1.54) is 0 Å². The van der Waals surface area contributed by atoms with Gasteiger partial charge in [0, 0.05) is 0 Å². The Morgan fingerprint density at radius 3 is 2.33 bits per heavy atom. The lowest BCUT2D eigenvalue weighted by atomic mass is 9.83. The van der Waals surface area contributed by atoms with E-state index in [4.69, 9.17) is 5.11 Å². The van der Waals surface area contributed by atoms with Gasteiger partial charge in [-0.2, -0.15) is 0 Å². The molecule has 0 unspecified atom stereocenters. The maximum absolute atomic E-state index is 10.9. The van der Waals surface area contributed by atoms with Crippen molar-refractivity contribution < 1.29 is 9.90 Å². The van der Waals surface area contributed by atoms with Crippen molar-refractivity contribution in [1.29, 1.82) is 0 Å². The Morgan fingerprint density at radius 1 is 1.42 bits per heavy atom. The molecule has 0 aromatic heterocycles. The number of aliphatic carboxylic acids is 1. The van der Waals surface area contributed by atoms with Gasteiger partial charge in [-0.25, -0.2) is 0 Å². The Balaban J connectivity index is 2.70. The first-order valence-corrected chi connectivity index (χ1v) is 4.76. The van der Waals surface area contributed by atoms with Crippen LogP contribution in [-0.2, 0) is 4.79 Å². The predicted octanol–water partition coefficient (Wildman–Crippen LogP) is 2.39. The van der Waals surface area contributed by atoms with Crippen molar-refractivity contribution in [3.05, 3.63) is 0 Å². The molecule has 1 fully saturated rings. The maximum Gasteiger partial charge on any atom is 0.307 e. The molecule has 70 valence electrons. The van der Waals surface area contributed by atoms with Gasteiger partial charge in [-0.15, -0.1) is 0 Å². The summed E-state index contributed by atoms with van der Waals surface area (Å²) in [5.41, 5.74) is 0. The highest BCUT2D eigenvalue weighted by Gasteiger charge is 2.39. The van der Waals surface area contributed by atoms with Gasteiger partial charge in [-0.1, -0.05) is 20.8 Å². The summed E-state index contributed by atoms with van der Waals surface area (Å²) < 4.78 is 0. The zero-order valence-corrected chi connectivity index (χ0v) is 8.08. The van der Waals surface area contributed by atoms with Crippen LogP contribution in [0.5, 0.6) is 0 Å². The van der Waals surface area contributed by atoms with Crippen LogP contribution in [0, 0.1) is 23.7 Å². The normalized spacial score (nSPS) is 35.8. The highest BCUT2D eigenvalue weighted by Crippen LogP contribution is 2.40. The van der Waals surface area contributed by atoms with Crippen molar-refractivity contribution in [3.8, 4) is 0 Å². The van der Waals surface area contributed by atoms with E-state index in [0.29, 0.717) is 17.8 Å². The third kappa shape index (κ3) is 1.62. The molecule has 0 spiro atoms. The van der Waals surface area contributed by atoms with E-state index in [9.17, 15) is 4.79 Å². The molecule has 2 heteroatoms. The van der Waals surface area contributed by atoms with E-state index in [1.807, 2.05) is 0 Å². The SMILES string of the molecule is CC(C)[C@@H]1CC[C@H](C)[C@@H]1C(=O)O. The average molecular weight is 170 g/mol. The molecule has 0 amide bonds. The summed E-state index contributed by atoms with van der Waals surface area (Å²) in [5, 5.41) is 9.00. The maximum atomic E-state index is 10.9. The lowest BCUT2D eigenvalue weighted by Crippen LogP contribution is -2.26. The van der Waals surface area contributed by atoms with Crippen molar-refractivity contribution in [1.82, 2.24) is 0 Å². The van der Waals surface area contributed by atoms with Gasteiger partial charge in [-0.05, 0) is 30.6 Å². The van der Waals surface area contributed by atoms with Crippen LogP contribution >= 0.6 is 0 Å². The lowest BCUT2D eigenvalue weighted by Gasteiger charge is -2.21. The number of carboxylic acids is 1. The largest absolute Gasteiger partial charge is 0.481 e. The van der Waals surface area contributed by atoms with E-state index < -0.39 is 5.97 Å². The molecule has 0 aromatic carbocycles. The summed E-state index contributed by atoms with van der Waals surface area (Å²) in [6.45, 7) is 6.30. The Bertz CT molecular complexity index is 175. The molecule has 0 aliphatic heterocycles. The highest BCUT2D eigenvalue weighted by molar-refractivity contribution is 5.71. The van der Waals surface area contributed by atoms with E-state index in [1.54, 1.807) is 0 Å². The van der Waals surface area contributed by atoms with Crippen LogP contribution in [-0.4, -0.2) is 11.1 Å². The third-order valence-corrected chi connectivity index (χ3v) is 3.17. The number of rotatable bonds is 2. The zero-order chi connectivity index (χ0) is 9.30. The standard InChI is InChI=1S/C10H18O2/c1-6(2)8-5-4-7(3)9(8)10(11)12/h6-9H,4-5H2,1-3H3,(H,11,12)/t7-,8-,9-/m0/s1. The second-order valence-corrected chi connectivity index (χ2v) is 4.33. The second kappa shape index (κ2) is 3.46. The molecule has 1 saturated carbocycles. The molecule has 0 aromatic rings. The predicted molar refractivity (Wildman–Crippen MR) is 47.9 cm³/mol. The van der Waals surface area contributed by atoms with Crippen LogP contribution < -0.4 is 0 Å². The highest BCUT2D eigenvalue weighted by atomic mass is 16.4. The minimum atomic E-state index is -0.598. The summed E-state index contributed by atoms with van der Waals surface area (Å²) >= 11 is 0. The molecule has 2 nitrogen and oxygen atoms in total. The van der Waals surface area contributed by atoms with E-state index in [2.05, 4.69) is 20.8 Å². The molecule has 0 bridgehead atoms. The molecule has 12 heavy (non-hydrogen) atoms. The van der Waals surface area contributed by atoms with E-state index >= 15 is 0 Å². The van der Waals surface area contributed by atoms with Crippen molar-refractivity contribution >= 4 is 5.97 Å². The van der Waals surface area contributed by atoms with Crippen LogP contribution in [0.15, 0.2) is 0 Å². The molecule has 0 saturated heterocycles. The average Bonchev–Trinajstić information content (AvgIpc) is 2.30. The van der Waals surface area contributed by atoms with E-state index in [-0.39, 0.29) is 5.92 Å². The smallest absolute Gasteiger partial charge is 0.307 e. The van der Waals surface area contributed by atoms with Crippen molar-refractivity contribution in [3.63, 3.8) is 0 Å². The molecular formula is C10H18O2. The molecule has 1 rings (SSSR count). The number of hydrogen-bond donors (Lipinski definition) is 1. The summed E-state index contributed by atoms with van der Waals surface area (Å²) in [5.74, 6) is 0.590. The quantitative estimate of drug-likeness (QED) is 0.691. The van der Waals surface area contributed by atoms with Crippen LogP contribution in [0.3, 0.4) is 0 Å². The van der Waals surface area contributed by atoms with Gasteiger partial charge in [0.1, 0.15) is 0 Å². The first-order chi connectivity index (χ1) is 5.54. The van der Waals surface area contributed by atoms with Gasteiger partial charge in [0.05, 0.1) is 5.92 Å². The summed E-state index contributed by atoms with van der Waals surface area (Å²) in [6, 6.07) is 0. The van der Waals surface area contributed by atoms with Gasteiger partial charge in [0.25, 0.3) is 0 Å². The summed E-state index contributed by atoms with van der Waals surface area (Å²) in [7, 11) is 0. The van der Waals surface area contributed by atoms with Crippen LogP contribution in [0.2, 0.25) is 0 Å². The zero-order valence-electron chi connectivity index (χ0n) is 8.08. The molecule has 0 radical (unpaired) electrons. The summed E-state index contributed by atoms with van der Waals surface area (Å²) in [4.78, 5) is 10.9. The Hall–Kier alpha value is -0.530. The third-order valence-electron chi connectivity index (χ3n) is 3.17. The molecular weight excluding hydrogens is 152 g/mol. The Labute approximate surface area is 74.0 Å². The fourth-order valence-corrected chi connectivity index (χ4v) is 2.41. The number of carbonyl (C=O) groups is 1. The first kappa shape index (κ1) is 9.56. The van der Waals surface area contributed by atoms with Gasteiger partial charge in [-0.3, -0.25) is 4.79 Å². The van der Waals surface area contributed by atoms with Crippen LogP contribution in [0.25, 0.3) is 0 Å². The molecule has 1 N–H and O–H groups in total. The number of hydrogen-bond acceptors (Lipinski definition) is 1. The molecule has 0 heterocycles. The van der Waals surface area contributed by atoms with Gasteiger partial charge >= 0.3 is 5.97 Å². The fraction of sp³-hybridized carbons (Fsp3) is 0.900. The minimum Gasteiger partial charge on any atom is -0.481 e. The van der Waals surface area contributed by atoms with Crippen molar-refractivity contribution in [2.75, 3.05) is 0 Å². The molecule has 3 atom stereocenters. The van der Waals surface area contributed by atoms with Crippen LogP contribution in [0.4, 0.5) is 0 Å². The minimum absolute atomic E-state index is 0.0926. The molecule has 1 aliphatic rings. The lowest BCUT2D eigenvalue weighted by molar-refractivity contribution is -0.144. The van der Waals surface area contributed by atoms with Crippen molar-refractivity contribution in [2.24, 2.45) is 23.7 Å². The monoisotopic (exact) mass is 170 g/mol. The first-order valence-electron chi connectivity index (χ1n) is 4.76. The summed E-state index contributed by atoms with van der Waals surface area (Å²) in [6.07, 6.45) is 2.18. The second-order valence-electron chi connectivity index (χ2n) is 4.33. The molecule has 1 aliphatic carbocycles. The van der Waals surface area contributed by atoms with Gasteiger partial charge in [0.2, 0.25) is 0 Å². The van der Waals surface area contributed by atoms with Gasteiger partial charge < -0.3 is 5.11 Å². The topological polar surface area (TPSA) is 37.3 Å². The Kier molecular flexibility index (Phi) is 2.76. The number of carboxylic acid groups (broad SMARTS) is 1. The van der Waals surface area contributed by atoms with Crippen molar-refractivity contribution in [2.45, 2.75) is 33.6 Å². The van der Waals surface area contributed by atoms with Crippen LogP contribution in [0.1, 0.15) is 33.6 Å². The van der Waals surface area contributed by atoms with Gasteiger partial charge in [0.15, 0.2) is 0 Å². The Morgan fingerprint density at radius 2 is 2.00 bits per heavy atom. The van der Waals surface area contributed by atoms with E-state index in [0.717, 1.165) is 12.8 Å². The fourth-order valence-electron chi connectivity index (χ4n) is 2.41.